The Hall–Kier alpha value is -2.21. The summed E-state index contributed by atoms with van der Waals surface area (Å²) in [5.74, 6) is -2.52. The summed E-state index contributed by atoms with van der Waals surface area (Å²) in [4.78, 5) is 12.6. The van der Waals surface area contributed by atoms with E-state index in [9.17, 15) is 31.1 Å². The number of anilines is 1. The van der Waals surface area contributed by atoms with E-state index < -0.39 is 40.6 Å². The van der Waals surface area contributed by atoms with Crippen molar-refractivity contribution in [1.82, 2.24) is 0 Å². The van der Waals surface area contributed by atoms with Gasteiger partial charge >= 0.3 is 12.7 Å². The van der Waals surface area contributed by atoms with Crippen molar-refractivity contribution in [2.75, 3.05) is 5.32 Å². The zero-order chi connectivity index (χ0) is 21.8. The molecule has 0 aliphatic rings. The molecule has 1 amide bonds. The van der Waals surface area contributed by atoms with E-state index in [2.05, 4.69) is 40.0 Å². The summed E-state index contributed by atoms with van der Waals surface area (Å²) in [6, 6.07) is 9.01. The number of carbonyl (C=O) groups is 1. The van der Waals surface area contributed by atoms with E-state index in [4.69, 9.17) is 0 Å². The molecule has 1 atom stereocenters. The molecule has 29 heavy (non-hydrogen) atoms. The maximum atomic E-state index is 12.6. The smallest absolute Gasteiger partial charge is 0.406 e. The van der Waals surface area contributed by atoms with Crippen LogP contribution in [0.2, 0.25) is 0 Å². The summed E-state index contributed by atoms with van der Waals surface area (Å²) in [7, 11) is 0. The van der Waals surface area contributed by atoms with Gasteiger partial charge in [0.1, 0.15) is 11.5 Å². The van der Waals surface area contributed by atoms with Gasteiger partial charge in [0, 0.05) is 5.69 Å². The molecule has 4 nitrogen and oxygen atoms in total. The number of carbonyl (C=O) groups excluding carboxylic acids is 1. The molecular formula is C17H13F6NO3S2. The quantitative estimate of drug-likeness (QED) is 0.310. The van der Waals surface area contributed by atoms with Crippen molar-refractivity contribution >= 4 is 36.9 Å². The van der Waals surface area contributed by atoms with Crippen LogP contribution in [0.4, 0.5) is 32.0 Å². The maximum Gasteiger partial charge on any atom is 0.573 e. The highest BCUT2D eigenvalue weighted by atomic mass is 32.2. The van der Waals surface area contributed by atoms with Crippen LogP contribution in [0.25, 0.3) is 0 Å². The second-order valence-electron chi connectivity index (χ2n) is 5.57. The zero-order valence-electron chi connectivity index (χ0n) is 14.2. The van der Waals surface area contributed by atoms with Gasteiger partial charge in [0.05, 0.1) is 10.5 Å². The first-order chi connectivity index (χ1) is 13.3. The molecule has 0 heterocycles. The van der Waals surface area contributed by atoms with Crippen LogP contribution in [0.3, 0.4) is 0 Å². The average molecular weight is 457 g/mol. The minimum atomic E-state index is -4.85. The Balaban J connectivity index is 2.11. The molecule has 158 valence electrons. The molecule has 1 N–H and O–H groups in total. The van der Waals surface area contributed by atoms with E-state index in [1.807, 2.05) is 0 Å². The van der Waals surface area contributed by atoms with E-state index in [0.717, 1.165) is 24.3 Å². The third kappa shape index (κ3) is 7.61. The number of amides is 1. The molecule has 0 saturated carbocycles. The van der Waals surface area contributed by atoms with Crippen LogP contribution >= 0.6 is 25.3 Å². The third-order valence-electron chi connectivity index (χ3n) is 3.41. The Kier molecular flexibility index (Phi) is 7.22. The average Bonchev–Trinajstić information content (AvgIpc) is 2.55. The summed E-state index contributed by atoms with van der Waals surface area (Å²) in [6.07, 6.45) is -9.70. The number of hydrogen-bond acceptors (Lipinski definition) is 5. The van der Waals surface area contributed by atoms with Gasteiger partial charge in [-0.1, -0.05) is 12.1 Å². The highest BCUT2D eigenvalue weighted by molar-refractivity contribution is 7.99. The van der Waals surface area contributed by atoms with Gasteiger partial charge in [-0.3, -0.25) is 4.79 Å². The first kappa shape index (κ1) is 23.1. The number of nitrogens with one attached hydrogen (secondary N) is 1. The summed E-state index contributed by atoms with van der Waals surface area (Å²) in [6.45, 7) is 0. The monoisotopic (exact) mass is 457 g/mol. The minimum absolute atomic E-state index is 0.175. The number of alkyl halides is 6. The molecule has 2 rings (SSSR count). The number of halogens is 6. The van der Waals surface area contributed by atoms with Crippen LogP contribution < -0.4 is 14.8 Å². The molecule has 0 spiro atoms. The molecule has 12 heteroatoms. The molecule has 0 aliphatic carbocycles. The number of hydrogen-bond donors (Lipinski definition) is 3. The van der Waals surface area contributed by atoms with E-state index in [1.54, 1.807) is 0 Å². The first-order valence-corrected chi connectivity index (χ1v) is 8.76. The minimum Gasteiger partial charge on any atom is -0.406 e. The summed E-state index contributed by atoms with van der Waals surface area (Å²) < 4.78 is 79.9. The lowest BCUT2D eigenvalue weighted by Gasteiger charge is -2.20. The van der Waals surface area contributed by atoms with Crippen molar-refractivity contribution in [3.8, 4) is 11.5 Å². The molecule has 0 bridgehead atoms. The standard InChI is InChI=1S/C17H13F6NO3S2/c18-16(19,20)26-11-5-1-9(2-6-11)13(15(28)29)14(25)24-10-3-7-12(8-4-10)27-17(21,22)23/h1-8,13,15,28-29H,(H,24,25). The van der Waals surface area contributed by atoms with Gasteiger partial charge in [-0.15, -0.1) is 26.3 Å². The predicted octanol–water partition coefficient (Wildman–Crippen LogP) is 5.39. The van der Waals surface area contributed by atoms with Crippen molar-refractivity contribution in [3.05, 3.63) is 54.1 Å². The third-order valence-corrected chi connectivity index (χ3v) is 4.01. The van der Waals surface area contributed by atoms with Gasteiger partial charge in [0.2, 0.25) is 5.91 Å². The number of ether oxygens (including phenoxy) is 2. The molecule has 0 aliphatic heterocycles. The number of benzene rings is 2. The first-order valence-electron chi connectivity index (χ1n) is 7.72. The SMILES string of the molecule is O=C(Nc1ccc(OC(F)(F)F)cc1)C(c1ccc(OC(F)(F)F)cc1)C(S)S. The molecule has 0 aromatic heterocycles. The second-order valence-corrected chi connectivity index (χ2v) is 7.09. The van der Waals surface area contributed by atoms with Crippen molar-refractivity contribution < 1.29 is 40.6 Å². The Morgan fingerprint density at radius 2 is 1.21 bits per heavy atom. The van der Waals surface area contributed by atoms with Crippen LogP contribution in [0.15, 0.2) is 48.5 Å². The fourth-order valence-corrected chi connectivity index (χ4v) is 2.91. The van der Waals surface area contributed by atoms with Crippen molar-refractivity contribution in [2.24, 2.45) is 0 Å². The van der Waals surface area contributed by atoms with Crippen LogP contribution in [-0.4, -0.2) is 23.2 Å². The van der Waals surface area contributed by atoms with E-state index >= 15 is 0 Å². The van der Waals surface area contributed by atoms with Crippen molar-refractivity contribution in [2.45, 2.75) is 23.2 Å². The fraction of sp³-hybridized carbons (Fsp3) is 0.235. The molecule has 2 aromatic carbocycles. The Labute approximate surface area is 172 Å². The van der Waals surface area contributed by atoms with Crippen LogP contribution in [0, 0.1) is 0 Å². The van der Waals surface area contributed by atoms with Crippen LogP contribution in [0.1, 0.15) is 11.5 Å². The highest BCUT2D eigenvalue weighted by Gasteiger charge is 2.32. The second kappa shape index (κ2) is 9.08. The van der Waals surface area contributed by atoms with E-state index in [0.29, 0.717) is 5.56 Å². The number of rotatable bonds is 6. The highest BCUT2D eigenvalue weighted by Crippen LogP contribution is 2.31. The normalized spacial score (nSPS) is 13.1. The van der Waals surface area contributed by atoms with Crippen LogP contribution in [0.5, 0.6) is 11.5 Å². The fourth-order valence-electron chi connectivity index (χ4n) is 2.30. The van der Waals surface area contributed by atoms with Gasteiger partial charge in [-0.05, 0) is 42.0 Å². The lowest BCUT2D eigenvalue weighted by atomic mass is 9.99. The van der Waals surface area contributed by atoms with Crippen molar-refractivity contribution in [3.63, 3.8) is 0 Å². The molecule has 0 saturated heterocycles. The molecular weight excluding hydrogens is 444 g/mol. The Morgan fingerprint density at radius 3 is 1.59 bits per heavy atom. The van der Waals surface area contributed by atoms with E-state index in [-0.39, 0.29) is 5.69 Å². The van der Waals surface area contributed by atoms with Crippen LogP contribution in [-0.2, 0) is 4.79 Å². The maximum absolute atomic E-state index is 12.6. The molecule has 0 fully saturated rings. The largest absolute Gasteiger partial charge is 0.573 e. The lowest BCUT2D eigenvalue weighted by molar-refractivity contribution is -0.275. The van der Waals surface area contributed by atoms with Gasteiger partial charge in [-0.25, -0.2) is 0 Å². The summed E-state index contributed by atoms with van der Waals surface area (Å²) in [5, 5.41) is 2.48. The van der Waals surface area contributed by atoms with E-state index in [1.165, 1.54) is 24.3 Å². The Bertz CT molecular complexity index is 823. The molecule has 2 aromatic rings. The topological polar surface area (TPSA) is 47.6 Å². The van der Waals surface area contributed by atoms with Gasteiger partial charge in [0.15, 0.2) is 0 Å². The number of thiol groups is 2. The Morgan fingerprint density at radius 1 is 0.793 bits per heavy atom. The van der Waals surface area contributed by atoms with Gasteiger partial charge in [0.25, 0.3) is 0 Å². The molecule has 0 radical (unpaired) electrons. The summed E-state index contributed by atoms with van der Waals surface area (Å²) in [5.41, 5.74) is 0.484. The van der Waals surface area contributed by atoms with Gasteiger partial charge in [-0.2, -0.15) is 25.3 Å². The summed E-state index contributed by atoms with van der Waals surface area (Å²) >= 11 is 8.23. The van der Waals surface area contributed by atoms with Crippen molar-refractivity contribution in [1.29, 1.82) is 0 Å². The predicted molar refractivity (Wildman–Crippen MR) is 99.4 cm³/mol. The molecule has 1 unspecified atom stereocenters. The van der Waals surface area contributed by atoms with Gasteiger partial charge < -0.3 is 14.8 Å². The lowest BCUT2D eigenvalue weighted by Crippen LogP contribution is -2.26. The zero-order valence-corrected chi connectivity index (χ0v) is 15.9.